The molecule has 1 aromatic rings. The molecule has 2 aliphatic heterocycles. The lowest BCUT2D eigenvalue weighted by Crippen LogP contribution is -2.33. The Kier molecular flexibility index (Phi) is 4.03. The molecule has 4 rings (SSSR count). The first-order valence-electron chi connectivity index (χ1n) is 8.83. The summed E-state index contributed by atoms with van der Waals surface area (Å²) in [6.45, 7) is 6.10. The first-order valence-corrected chi connectivity index (χ1v) is 8.83. The zero-order valence-electron chi connectivity index (χ0n) is 13.4. The summed E-state index contributed by atoms with van der Waals surface area (Å²) >= 11 is 0. The van der Waals surface area contributed by atoms with E-state index in [9.17, 15) is 0 Å². The van der Waals surface area contributed by atoms with Crippen LogP contribution < -0.4 is 0 Å². The summed E-state index contributed by atoms with van der Waals surface area (Å²) in [5.41, 5.74) is 6.35. The predicted octanol–water partition coefficient (Wildman–Crippen LogP) is 3.74. The quantitative estimate of drug-likeness (QED) is 0.834. The van der Waals surface area contributed by atoms with Crippen LogP contribution in [0.1, 0.15) is 36.8 Å². The van der Waals surface area contributed by atoms with Crippen LogP contribution in [0.15, 0.2) is 47.7 Å². The molecule has 1 aromatic carbocycles. The molecule has 0 spiro atoms. The molecule has 0 fully saturated rings. The third-order valence-electron chi connectivity index (χ3n) is 5.38. The lowest BCUT2D eigenvalue weighted by molar-refractivity contribution is 0.234. The van der Waals surface area contributed by atoms with Gasteiger partial charge in [-0.25, -0.2) is 0 Å². The topological polar surface area (TPSA) is 6.48 Å². The van der Waals surface area contributed by atoms with Crippen LogP contribution in [0, 0.1) is 0 Å². The molecule has 0 saturated carbocycles. The van der Waals surface area contributed by atoms with Crippen LogP contribution in [-0.2, 0) is 13.0 Å². The minimum absolute atomic E-state index is 1.15. The standard InChI is InChI=1S/C20H26N2/c1-2-8-19-16-21(14-10-17(19)6-1)12-5-13-22-15-11-18-7-3-4-9-20(18)22/h1-3,6-8H,4-5,9-16H2. The Balaban J connectivity index is 1.28. The number of fused-ring (bicyclic) bond motifs is 1. The second-order valence-electron chi connectivity index (χ2n) is 6.80. The van der Waals surface area contributed by atoms with Gasteiger partial charge in [0.2, 0.25) is 0 Å². The number of hydrogen-bond donors (Lipinski definition) is 0. The highest BCUT2D eigenvalue weighted by molar-refractivity contribution is 5.32. The Morgan fingerprint density at radius 3 is 2.77 bits per heavy atom. The van der Waals surface area contributed by atoms with Gasteiger partial charge in [-0.3, -0.25) is 4.90 Å². The van der Waals surface area contributed by atoms with Crippen LogP contribution >= 0.6 is 0 Å². The molecule has 0 saturated heterocycles. The van der Waals surface area contributed by atoms with Crippen molar-refractivity contribution < 1.29 is 0 Å². The van der Waals surface area contributed by atoms with Gasteiger partial charge in [0.05, 0.1) is 0 Å². The van der Waals surface area contributed by atoms with Crippen molar-refractivity contribution in [2.45, 2.75) is 38.6 Å². The van der Waals surface area contributed by atoms with Crippen molar-refractivity contribution in [1.82, 2.24) is 9.80 Å². The van der Waals surface area contributed by atoms with Gasteiger partial charge in [-0.2, -0.15) is 0 Å². The summed E-state index contributed by atoms with van der Waals surface area (Å²) in [6, 6.07) is 8.94. The van der Waals surface area contributed by atoms with Gasteiger partial charge in [-0.05, 0) is 48.8 Å². The molecule has 2 heteroatoms. The van der Waals surface area contributed by atoms with E-state index >= 15 is 0 Å². The van der Waals surface area contributed by atoms with E-state index in [1.165, 1.54) is 63.8 Å². The first-order chi connectivity index (χ1) is 10.9. The molecule has 0 radical (unpaired) electrons. The smallest absolute Gasteiger partial charge is 0.0236 e. The van der Waals surface area contributed by atoms with Crippen LogP contribution in [0.3, 0.4) is 0 Å². The molecule has 2 nitrogen and oxygen atoms in total. The predicted molar refractivity (Wildman–Crippen MR) is 91.6 cm³/mol. The van der Waals surface area contributed by atoms with Gasteiger partial charge in [-0.15, -0.1) is 0 Å². The summed E-state index contributed by atoms with van der Waals surface area (Å²) in [6.07, 6.45) is 11.0. The summed E-state index contributed by atoms with van der Waals surface area (Å²) < 4.78 is 0. The number of rotatable bonds is 4. The maximum Gasteiger partial charge on any atom is 0.0236 e. The van der Waals surface area contributed by atoms with Gasteiger partial charge < -0.3 is 4.90 Å². The maximum atomic E-state index is 2.65. The molecular formula is C20H26N2. The average molecular weight is 294 g/mol. The van der Waals surface area contributed by atoms with Gasteiger partial charge in [0.15, 0.2) is 0 Å². The Labute approximate surface area is 134 Å². The number of nitrogens with zero attached hydrogens (tertiary/aromatic N) is 2. The zero-order valence-corrected chi connectivity index (χ0v) is 13.4. The van der Waals surface area contributed by atoms with Crippen molar-refractivity contribution in [3.8, 4) is 0 Å². The monoisotopic (exact) mass is 294 g/mol. The van der Waals surface area contributed by atoms with E-state index in [1.807, 2.05) is 0 Å². The minimum Gasteiger partial charge on any atom is -0.374 e. The van der Waals surface area contributed by atoms with E-state index in [1.54, 1.807) is 16.8 Å². The second-order valence-corrected chi connectivity index (χ2v) is 6.80. The SMILES string of the molecule is C1=CC2=C(CC1)N(CCCN1CCc3ccccc3C1)CC2. The van der Waals surface area contributed by atoms with E-state index in [0.717, 1.165) is 6.54 Å². The number of hydrogen-bond acceptors (Lipinski definition) is 2. The first kappa shape index (κ1) is 14.1. The van der Waals surface area contributed by atoms with Crippen molar-refractivity contribution in [3.63, 3.8) is 0 Å². The number of allylic oxidation sites excluding steroid dienone is 3. The van der Waals surface area contributed by atoms with E-state index in [0.29, 0.717) is 0 Å². The largest absolute Gasteiger partial charge is 0.374 e. The molecule has 0 aromatic heterocycles. The van der Waals surface area contributed by atoms with E-state index in [-0.39, 0.29) is 0 Å². The Morgan fingerprint density at radius 2 is 1.82 bits per heavy atom. The molecule has 0 bridgehead atoms. The van der Waals surface area contributed by atoms with Gasteiger partial charge >= 0.3 is 0 Å². The lowest BCUT2D eigenvalue weighted by Gasteiger charge is -2.30. The lowest BCUT2D eigenvalue weighted by atomic mass is 10.00. The molecule has 116 valence electrons. The molecule has 0 unspecified atom stereocenters. The van der Waals surface area contributed by atoms with Crippen LogP contribution in [0.2, 0.25) is 0 Å². The van der Waals surface area contributed by atoms with Crippen molar-refractivity contribution in [2.75, 3.05) is 26.2 Å². The van der Waals surface area contributed by atoms with Crippen molar-refractivity contribution in [2.24, 2.45) is 0 Å². The Morgan fingerprint density at radius 1 is 0.909 bits per heavy atom. The fraction of sp³-hybridized carbons (Fsp3) is 0.500. The number of benzene rings is 1. The molecule has 0 N–H and O–H groups in total. The molecule has 3 aliphatic rings. The zero-order chi connectivity index (χ0) is 14.8. The Hall–Kier alpha value is -1.54. The fourth-order valence-electron chi connectivity index (χ4n) is 4.16. The summed E-state index contributed by atoms with van der Waals surface area (Å²) in [7, 11) is 0. The summed E-state index contributed by atoms with van der Waals surface area (Å²) in [4.78, 5) is 5.28. The highest BCUT2D eigenvalue weighted by Gasteiger charge is 2.22. The normalized spacial score (nSPS) is 21.2. The van der Waals surface area contributed by atoms with Gasteiger partial charge in [0.25, 0.3) is 0 Å². The molecule has 0 atom stereocenters. The van der Waals surface area contributed by atoms with Crippen molar-refractivity contribution in [3.05, 3.63) is 58.8 Å². The van der Waals surface area contributed by atoms with Gasteiger partial charge in [0, 0.05) is 38.4 Å². The van der Waals surface area contributed by atoms with Crippen LogP contribution in [0.5, 0.6) is 0 Å². The molecule has 22 heavy (non-hydrogen) atoms. The minimum atomic E-state index is 1.15. The Bertz CT molecular complexity index is 599. The third kappa shape index (κ3) is 2.85. The molecule has 2 heterocycles. The highest BCUT2D eigenvalue weighted by Crippen LogP contribution is 2.31. The molecule has 1 aliphatic carbocycles. The van der Waals surface area contributed by atoms with Crippen LogP contribution in [0.4, 0.5) is 0 Å². The van der Waals surface area contributed by atoms with E-state index in [4.69, 9.17) is 0 Å². The highest BCUT2D eigenvalue weighted by atomic mass is 15.2. The van der Waals surface area contributed by atoms with Crippen LogP contribution in [0.25, 0.3) is 0 Å². The van der Waals surface area contributed by atoms with Gasteiger partial charge in [0.1, 0.15) is 0 Å². The summed E-state index contributed by atoms with van der Waals surface area (Å²) in [5.74, 6) is 0. The van der Waals surface area contributed by atoms with E-state index in [2.05, 4.69) is 46.2 Å². The maximum absolute atomic E-state index is 2.65. The fourth-order valence-corrected chi connectivity index (χ4v) is 4.16. The van der Waals surface area contributed by atoms with Crippen molar-refractivity contribution in [1.29, 1.82) is 0 Å². The van der Waals surface area contributed by atoms with E-state index < -0.39 is 0 Å². The average Bonchev–Trinajstić information content (AvgIpc) is 2.98. The van der Waals surface area contributed by atoms with Crippen LogP contribution in [-0.4, -0.2) is 36.0 Å². The summed E-state index contributed by atoms with van der Waals surface area (Å²) in [5, 5.41) is 0. The molecule has 0 amide bonds. The van der Waals surface area contributed by atoms with Crippen molar-refractivity contribution >= 4 is 0 Å². The molecular weight excluding hydrogens is 268 g/mol. The van der Waals surface area contributed by atoms with Gasteiger partial charge in [-0.1, -0.05) is 36.4 Å². The second kappa shape index (κ2) is 6.29. The third-order valence-corrected chi connectivity index (χ3v) is 5.38.